The second-order valence-corrected chi connectivity index (χ2v) is 6.19. The van der Waals surface area contributed by atoms with E-state index in [2.05, 4.69) is 9.47 Å². The van der Waals surface area contributed by atoms with Crippen molar-refractivity contribution in [1.82, 2.24) is 9.80 Å². The Morgan fingerprint density at radius 1 is 0.700 bits per heavy atom. The summed E-state index contributed by atoms with van der Waals surface area (Å²) in [4.78, 5) is 1.79. The number of hydrogen-bond acceptors (Lipinski definition) is 6. The third-order valence-electron chi connectivity index (χ3n) is 4.20. The number of morpholine rings is 2. The van der Waals surface area contributed by atoms with Crippen LogP contribution < -0.4 is 0 Å². The van der Waals surface area contributed by atoms with Gasteiger partial charge in [-0.15, -0.1) is 0 Å². The van der Waals surface area contributed by atoms with E-state index in [1.807, 2.05) is 0 Å². The molecule has 0 spiro atoms. The van der Waals surface area contributed by atoms with E-state index in [1.54, 1.807) is 0 Å². The van der Waals surface area contributed by atoms with Gasteiger partial charge in [0.25, 0.3) is 0 Å². The van der Waals surface area contributed by atoms with Gasteiger partial charge in [0.05, 0.1) is 39.6 Å². The van der Waals surface area contributed by atoms with Gasteiger partial charge < -0.3 is 18.9 Å². The average molecular weight is 462 g/mol. The van der Waals surface area contributed by atoms with Crippen LogP contribution in [0.1, 0.15) is 0 Å². The molecule has 30 heavy (non-hydrogen) atoms. The number of halogens is 8. The predicted molar refractivity (Wildman–Crippen MR) is 90.5 cm³/mol. The van der Waals surface area contributed by atoms with Crippen molar-refractivity contribution in [3.8, 4) is 0 Å². The Labute approximate surface area is 168 Å². The highest BCUT2D eigenvalue weighted by Gasteiger charge is 2.46. The molecule has 2 aliphatic rings. The number of nitrogens with zero attached hydrogens (tertiary/aromatic N) is 2. The molecular weight excluding hydrogens is 436 g/mol. The van der Waals surface area contributed by atoms with Crippen molar-refractivity contribution in [2.75, 3.05) is 65.8 Å². The molecular formula is C16H26F8N2O4. The van der Waals surface area contributed by atoms with Gasteiger partial charge in [-0.3, -0.25) is 19.2 Å². The molecule has 2 atom stereocenters. The first kappa shape index (κ1) is 28.9. The molecule has 0 aromatic carbocycles. The van der Waals surface area contributed by atoms with E-state index in [0.29, 0.717) is 0 Å². The monoisotopic (exact) mass is 462 g/mol. The maximum Gasteiger partial charge on any atom is 0.400 e. The van der Waals surface area contributed by atoms with E-state index in [9.17, 15) is 26.3 Å². The number of hydrogen-bond donors (Lipinski definition) is 0. The molecule has 0 aliphatic carbocycles. The maximum atomic E-state index is 13.9. The Morgan fingerprint density at radius 3 is 1.30 bits per heavy atom. The second-order valence-electron chi connectivity index (χ2n) is 6.19. The van der Waals surface area contributed by atoms with Crippen LogP contribution in [0, 0.1) is 0 Å². The van der Waals surface area contributed by atoms with Gasteiger partial charge in [-0.25, -0.2) is 8.78 Å². The lowest BCUT2D eigenvalue weighted by atomic mass is 10.4. The minimum atomic E-state index is -4.08. The van der Waals surface area contributed by atoms with Crippen molar-refractivity contribution in [2.24, 2.45) is 0 Å². The largest absolute Gasteiger partial charge is 0.400 e. The van der Waals surface area contributed by atoms with Gasteiger partial charge in [-0.2, -0.15) is 17.6 Å². The molecule has 2 heterocycles. The molecule has 2 fully saturated rings. The Kier molecular flexibility index (Phi) is 12.9. The van der Waals surface area contributed by atoms with Crippen LogP contribution in [0.3, 0.4) is 0 Å². The Morgan fingerprint density at radius 2 is 1.00 bits per heavy atom. The topological polar surface area (TPSA) is 43.4 Å². The molecule has 6 nitrogen and oxygen atoms in total. The standard InChI is InChI=1S/C16H24F6N2O4.2FH/c17-13(23-3-9-25-10-4-23)15(19,20)27-7-1-2-8-28-16(21,22)14(18)24-5-11-26-12-6-24;;/h1-2,13-14H,3-12H2;2*1H/b2-1-;;. The van der Waals surface area contributed by atoms with E-state index >= 15 is 0 Å². The summed E-state index contributed by atoms with van der Waals surface area (Å²) in [5, 5.41) is 0. The predicted octanol–water partition coefficient (Wildman–Crippen LogP) is 2.32. The summed E-state index contributed by atoms with van der Waals surface area (Å²) in [5.74, 6) is 0. The Balaban J connectivity index is 0.00000420. The van der Waals surface area contributed by atoms with Crippen LogP contribution in [0.25, 0.3) is 0 Å². The van der Waals surface area contributed by atoms with Gasteiger partial charge >= 0.3 is 12.2 Å². The Hall–Kier alpha value is -1.06. The van der Waals surface area contributed by atoms with Crippen LogP contribution >= 0.6 is 0 Å². The molecule has 0 aromatic heterocycles. The van der Waals surface area contributed by atoms with Crippen molar-refractivity contribution in [2.45, 2.75) is 24.8 Å². The summed E-state index contributed by atoms with van der Waals surface area (Å²) < 4.78 is 101. The van der Waals surface area contributed by atoms with E-state index in [1.165, 1.54) is 0 Å². The molecule has 0 amide bonds. The van der Waals surface area contributed by atoms with Gasteiger partial charge in [0, 0.05) is 26.2 Å². The summed E-state index contributed by atoms with van der Waals surface area (Å²) in [6.45, 7) is -0.865. The molecule has 0 N–H and O–H groups in total. The maximum absolute atomic E-state index is 13.9. The fourth-order valence-electron chi connectivity index (χ4n) is 2.63. The van der Waals surface area contributed by atoms with E-state index in [4.69, 9.17) is 9.47 Å². The highest BCUT2D eigenvalue weighted by atomic mass is 19.3. The van der Waals surface area contributed by atoms with Crippen LogP contribution in [0.5, 0.6) is 0 Å². The molecule has 2 saturated heterocycles. The van der Waals surface area contributed by atoms with Crippen LogP contribution in [-0.4, -0.2) is 100 Å². The van der Waals surface area contributed by atoms with Crippen LogP contribution in [0.15, 0.2) is 12.2 Å². The van der Waals surface area contributed by atoms with Crippen LogP contribution in [0.4, 0.5) is 35.8 Å². The first-order valence-corrected chi connectivity index (χ1v) is 8.84. The minimum Gasteiger partial charge on any atom is -0.379 e. The fourth-order valence-corrected chi connectivity index (χ4v) is 2.63. The fraction of sp³-hybridized carbons (Fsp3) is 0.875. The number of ether oxygens (including phenoxy) is 4. The number of alkyl halides is 6. The average Bonchev–Trinajstić information content (AvgIpc) is 2.70. The normalized spacial score (nSPS) is 21.7. The van der Waals surface area contributed by atoms with Gasteiger partial charge in [0.15, 0.2) is 0 Å². The lowest BCUT2D eigenvalue weighted by Gasteiger charge is -2.33. The first-order chi connectivity index (χ1) is 13.2. The lowest BCUT2D eigenvalue weighted by Crippen LogP contribution is -2.51. The molecule has 14 heteroatoms. The smallest absolute Gasteiger partial charge is 0.379 e. The highest BCUT2D eigenvalue weighted by molar-refractivity contribution is 4.84. The lowest BCUT2D eigenvalue weighted by molar-refractivity contribution is -0.302. The molecule has 0 saturated carbocycles. The molecule has 0 bridgehead atoms. The summed E-state index contributed by atoms with van der Waals surface area (Å²) in [6, 6.07) is 0. The van der Waals surface area contributed by atoms with Gasteiger partial charge in [-0.1, -0.05) is 12.2 Å². The first-order valence-electron chi connectivity index (χ1n) is 8.84. The molecule has 0 radical (unpaired) electrons. The molecule has 180 valence electrons. The molecule has 2 aliphatic heterocycles. The zero-order chi connectivity index (χ0) is 20.6. The van der Waals surface area contributed by atoms with E-state index < -0.39 is 38.0 Å². The SMILES string of the molecule is F.F.FC(N1CCOCC1)C(F)(F)OC/C=C\COC(F)(F)C(F)N1CCOCC1. The van der Waals surface area contributed by atoms with Crippen molar-refractivity contribution >= 4 is 0 Å². The molecule has 0 aromatic rings. The van der Waals surface area contributed by atoms with Crippen molar-refractivity contribution in [1.29, 1.82) is 0 Å². The minimum absolute atomic E-state index is 0. The summed E-state index contributed by atoms with van der Waals surface area (Å²) in [7, 11) is 0. The Bertz CT molecular complexity index is 450. The quantitative estimate of drug-likeness (QED) is 0.282. The summed E-state index contributed by atoms with van der Waals surface area (Å²) in [5.41, 5.74) is 0. The van der Waals surface area contributed by atoms with Gasteiger partial charge in [-0.05, 0) is 0 Å². The number of rotatable bonds is 10. The zero-order valence-corrected chi connectivity index (χ0v) is 16.0. The summed E-state index contributed by atoms with van der Waals surface area (Å²) >= 11 is 0. The summed E-state index contributed by atoms with van der Waals surface area (Å²) in [6.07, 6.45) is -11.5. The van der Waals surface area contributed by atoms with E-state index in [-0.39, 0.29) is 62.0 Å². The highest BCUT2D eigenvalue weighted by Crippen LogP contribution is 2.28. The molecule has 2 rings (SSSR count). The third-order valence-corrected chi connectivity index (χ3v) is 4.20. The van der Waals surface area contributed by atoms with Crippen molar-refractivity contribution in [3.63, 3.8) is 0 Å². The van der Waals surface area contributed by atoms with Crippen LogP contribution in [0.2, 0.25) is 0 Å². The third kappa shape index (κ3) is 8.59. The second kappa shape index (κ2) is 13.4. The van der Waals surface area contributed by atoms with Crippen LogP contribution in [-0.2, 0) is 18.9 Å². The van der Waals surface area contributed by atoms with Gasteiger partial charge in [0.1, 0.15) is 0 Å². The molecule has 2 unspecified atom stereocenters. The van der Waals surface area contributed by atoms with Crippen molar-refractivity contribution in [3.05, 3.63) is 12.2 Å². The zero-order valence-electron chi connectivity index (χ0n) is 16.0. The van der Waals surface area contributed by atoms with Crippen molar-refractivity contribution < 1.29 is 54.7 Å². The van der Waals surface area contributed by atoms with E-state index in [0.717, 1.165) is 22.0 Å². The van der Waals surface area contributed by atoms with Gasteiger partial charge in [0.2, 0.25) is 12.6 Å².